The summed E-state index contributed by atoms with van der Waals surface area (Å²) in [5, 5.41) is 0. The van der Waals surface area contributed by atoms with E-state index in [0.29, 0.717) is 11.4 Å². The summed E-state index contributed by atoms with van der Waals surface area (Å²) < 4.78 is 32.4. The third kappa shape index (κ3) is 3.28. The highest BCUT2D eigenvalue weighted by molar-refractivity contribution is 7.92. The van der Waals surface area contributed by atoms with Crippen LogP contribution in [-0.4, -0.2) is 15.5 Å². The predicted molar refractivity (Wildman–Crippen MR) is 84.1 cm³/mol. The van der Waals surface area contributed by atoms with Crippen molar-refractivity contribution in [3.8, 4) is 5.75 Å². The summed E-state index contributed by atoms with van der Waals surface area (Å²) >= 11 is 0. The van der Waals surface area contributed by atoms with Crippen LogP contribution in [0.2, 0.25) is 0 Å². The lowest BCUT2D eigenvalue weighted by Crippen LogP contribution is -2.15. The largest absolute Gasteiger partial charge is 0.497 e. The third-order valence-electron chi connectivity index (χ3n) is 3.26. The Morgan fingerprint density at radius 2 is 1.62 bits per heavy atom. The van der Waals surface area contributed by atoms with E-state index >= 15 is 0 Å². The molecule has 0 aliphatic carbocycles. The van der Waals surface area contributed by atoms with E-state index in [9.17, 15) is 8.42 Å². The van der Waals surface area contributed by atoms with Crippen LogP contribution < -0.4 is 15.2 Å². The molecule has 0 atom stereocenters. The molecule has 6 heteroatoms. The predicted octanol–water partition coefficient (Wildman–Crippen LogP) is 2.70. The molecule has 0 aromatic heterocycles. The lowest BCUT2D eigenvalue weighted by atomic mass is 10.1. The standard InChI is InChI=1S/C15H18N2O3S/c1-10-8-14(16)15(9-11(10)2)21(18,19)17-12-4-6-13(20-3)7-5-12/h4-9,17H,16H2,1-3H3. The molecule has 0 amide bonds. The smallest absolute Gasteiger partial charge is 0.263 e. The summed E-state index contributed by atoms with van der Waals surface area (Å²) in [5.74, 6) is 0.656. The highest BCUT2D eigenvalue weighted by atomic mass is 32.2. The first-order valence-electron chi connectivity index (χ1n) is 6.37. The van der Waals surface area contributed by atoms with Crippen LogP contribution in [0, 0.1) is 13.8 Å². The fourth-order valence-electron chi connectivity index (χ4n) is 1.91. The molecule has 0 unspecified atom stereocenters. The number of rotatable bonds is 4. The quantitative estimate of drug-likeness (QED) is 0.851. The molecule has 0 saturated heterocycles. The number of aryl methyl sites for hydroxylation is 2. The lowest BCUT2D eigenvalue weighted by molar-refractivity contribution is 0.415. The fourth-order valence-corrected chi connectivity index (χ4v) is 3.17. The van der Waals surface area contributed by atoms with Gasteiger partial charge in [0.05, 0.1) is 12.8 Å². The Bertz CT molecular complexity index is 753. The van der Waals surface area contributed by atoms with Gasteiger partial charge in [-0.15, -0.1) is 0 Å². The van der Waals surface area contributed by atoms with Gasteiger partial charge in [0, 0.05) is 5.69 Å². The topological polar surface area (TPSA) is 81.4 Å². The van der Waals surface area contributed by atoms with Gasteiger partial charge in [-0.05, 0) is 61.4 Å². The third-order valence-corrected chi connectivity index (χ3v) is 4.69. The van der Waals surface area contributed by atoms with Crippen molar-refractivity contribution in [1.82, 2.24) is 0 Å². The second-order valence-corrected chi connectivity index (χ2v) is 6.46. The molecule has 2 aromatic carbocycles. The molecule has 2 rings (SSSR count). The van der Waals surface area contributed by atoms with Crippen molar-refractivity contribution in [3.05, 3.63) is 47.5 Å². The Morgan fingerprint density at radius 1 is 1.05 bits per heavy atom. The molecule has 0 radical (unpaired) electrons. The SMILES string of the molecule is COc1ccc(NS(=O)(=O)c2cc(C)c(C)cc2N)cc1. The summed E-state index contributed by atoms with van der Waals surface area (Å²) in [4.78, 5) is 0.0846. The minimum Gasteiger partial charge on any atom is -0.497 e. The zero-order valence-electron chi connectivity index (χ0n) is 12.2. The zero-order chi connectivity index (χ0) is 15.6. The number of benzene rings is 2. The number of hydrogen-bond donors (Lipinski definition) is 2. The van der Waals surface area contributed by atoms with E-state index in [4.69, 9.17) is 10.5 Å². The molecular weight excluding hydrogens is 288 g/mol. The molecule has 3 N–H and O–H groups in total. The van der Waals surface area contributed by atoms with Crippen molar-refractivity contribution >= 4 is 21.4 Å². The van der Waals surface area contributed by atoms with Gasteiger partial charge in [0.2, 0.25) is 0 Å². The maximum absolute atomic E-state index is 12.4. The highest BCUT2D eigenvalue weighted by Crippen LogP contribution is 2.25. The monoisotopic (exact) mass is 306 g/mol. The average Bonchev–Trinajstić information content (AvgIpc) is 2.43. The normalized spacial score (nSPS) is 11.2. The van der Waals surface area contributed by atoms with Gasteiger partial charge in [0.15, 0.2) is 0 Å². The maximum atomic E-state index is 12.4. The van der Waals surface area contributed by atoms with Crippen LogP contribution in [0.25, 0.3) is 0 Å². The number of nitrogen functional groups attached to an aromatic ring is 1. The van der Waals surface area contributed by atoms with Crippen LogP contribution >= 0.6 is 0 Å². The van der Waals surface area contributed by atoms with Gasteiger partial charge >= 0.3 is 0 Å². The van der Waals surface area contributed by atoms with Crippen molar-refractivity contribution < 1.29 is 13.2 Å². The number of nitrogens with one attached hydrogen (secondary N) is 1. The van der Waals surface area contributed by atoms with E-state index in [1.165, 1.54) is 0 Å². The molecular formula is C15H18N2O3S. The Balaban J connectivity index is 2.35. The average molecular weight is 306 g/mol. The number of methoxy groups -OCH3 is 1. The lowest BCUT2D eigenvalue weighted by Gasteiger charge is -2.12. The van der Waals surface area contributed by atoms with Crippen LogP contribution in [0.4, 0.5) is 11.4 Å². The molecule has 0 spiro atoms. The first kappa shape index (κ1) is 15.2. The molecule has 0 bridgehead atoms. The number of sulfonamides is 1. The molecule has 0 heterocycles. The Labute approximate surface area is 124 Å². The van der Waals surface area contributed by atoms with E-state index in [2.05, 4.69) is 4.72 Å². The molecule has 112 valence electrons. The molecule has 0 aliphatic rings. The molecule has 0 saturated carbocycles. The van der Waals surface area contributed by atoms with E-state index in [1.54, 1.807) is 43.5 Å². The Morgan fingerprint density at radius 3 is 2.19 bits per heavy atom. The van der Waals surface area contributed by atoms with Gasteiger partial charge in [-0.3, -0.25) is 4.72 Å². The van der Waals surface area contributed by atoms with Crippen LogP contribution in [0.3, 0.4) is 0 Å². The van der Waals surface area contributed by atoms with Gasteiger partial charge in [-0.25, -0.2) is 8.42 Å². The first-order valence-corrected chi connectivity index (χ1v) is 7.85. The molecule has 21 heavy (non-hydrogen) atoms. The number of ether oxygens (including phenoxy) is 1. The second-order valence-electron chi connectivity index (χ2n) is 4.81. The van der Waals surface area contributed by atoms with E-state index in [0.717, 1.165) is 11.1 Å². The summed E-state index contributed by atoms with van der Waals surface area (Å²) in [6.07, 6.45) is 0. The van der Waals surface area contributed by atoms with Crippen LogP contribution in [0.1, 0.15) is 11.1 Å². The van der Waals surface area contributed by atoms with Crippen LogP contribution in [-0.2, 0) is 10.0 Å². The summed E-state index contributed by atoms with van der Waals surface area (Å²) in [6, 6.07) is 9.87. The molecule has 2 aromatic rings. The van der Waals surface area contributed by atoms with E-state index < -0.39 is 10.0 Å². The number of anilines is 2. The van der Waals surface area contributed by atoms with Gasteiger partial charge in [0.25, 0.3) is 10.0 Å². The Hall–Kier alpha value is -2.21. The molecule has 0 fully saturated rings. The summed E-state index contributed by atoms with van der Waals surface area (Å²) in [5.41, 5.74) is 8.35. The summed E-state index contributed by atoms with van der Waals surface area (Å²) in [6.45, 7) is 3.74. The van der Waals surface area contributed by atoms with E-state index in [-0.39, 0.29) is 10.6 Å². The number of hydrogen-bond acceptors (Lipinski definition) is 4. The van der Waals surface area contributed by atoms with E-state index in [1.807, 2.05) is 13.8 Å². The minimum atomic E-state index is -3.72. The van der Waals surface area contributed by atoms with Gasteiger partial charge in [-0.2, -0.15) is 0 Å². The van der Waals surface area contributed by atoms with Crippen LogP contribution in [0.5, 0.6) is 5.75 Å². The van der Waals surface area contributed by atoms with Gasteiger partial charge in [-0.1, -0.05) is 0 Å². The fraction of sp³-hybridized carbons (Fsp3) is 0.200. The summed E-state index contributed by atoms with van der Waals surface area (Å²) in [7, 11) is -2.17. The molecule has 0 aliphatic heterocycles. The number of nitrogens with two attached hydrogens (primary N) is 1. The van der Waals surface area contributed by atoms with Crippen molar-refractivity contribution in [2.45, 2.75) is 18.7 Å². The second kappa shape index (κ2) is 5.65. The van der Waals surface area contributed by atoms with Gasteiger partial charge in [0.1, 0.15) is 10.6 Å². The maximum Gasteiger partial charge on any atom is 0.263 e. The van der Waals surface area contributed by atoms with Crippen molar-refractivity contribution in [1.29, 1.82) is 0 Å². The first-order chi connectivity index (χ1) is 9.83. The van der Waals surface area contributed by atoms with Crippen molar-refractivity contribution in [3.63, 3.8) is 0 Å². The van der Waals surface area contributed by atoms with Crippen molar-refractivity contribution in [2.24, 2.45) is 0 Å². The zero-order valence-corrected chi connectivity index (χ0v) is 13.0. The highest BCUT2D eigenvalue weighted by Gasteiger charge is 2.18. The molecule has 5 nitrogen and oxygen atoms in total. The van der Waals surface area contributed by atoms with Crippen molar-refractivity contribution in [2.75, 3.05) is 17.6 Å². The Kier molecular flexibility index (Phi) is 4.09. The van der Waals surface area contributed by atoms with Crippen LogP contribution in [0.15, 0.2) is 41.3 Å². The minimum absolute atomic E-state index is 0.0846. The van der Waals surface area contributed by atoms with Gasteiger partial charge < -0.3 is 10.5 Å².